The zero-order valence-electron chi connectivity index (χ0n) is 21.1. The third-order valence-corrected chi connectivity index (χ3v) is 5.58. The lowest BCUT2D eigenvalue weighted by Crippen LogP contribution is -2.32. The Kier molecular flexibility index (Phi) is 10.9. The van der Waals surface area contributed by atoms with Crippen molar-refractivity contribution in [2.75, 3.05) is 23.8 Å². The summed E-state index contributed by atoms with van der Waals surface area (Å²) >= 11 is 3.37. The van der Waals surface area contributed by atoms with E-state index in [0.29, 0.717) is 35.0 Å². The van der Waals surface area contributed by atoms with Crippen LogP contribution in [0.2, 0.25) is 0 Å². The van der Waals surface area contributed by atoms with Gasteiger partial charge >= 0.3 is 11.8 Å². The predicted octanol–water partition coefficient (Wildman–Crippen LogP) is 5.04. The summed E-state index contributed by atoms with van der Waals surface area (Å²) in [5.41, 5.74) is 4.82. The maximum absolute atomic E-state index is 12.3. The molecule has 0 aliphatic heterocycles. The molecule has 9 nitrogen and oxygen atoms in total. The van der Waals surface area contributed by atoms with Crippen molar-refractivity contribution in [1.29, 1.82) is 0 Å². The molecule has 0 spiro atoms. The Morgan fingerprint density at radius 2 is 1.71 bits per heavy atom. The topological polar surface area (TPSA) is 118 Å². The Bertz CT molecular complexity index is 1290. The number of aryl methyl sites for hydroxylation is 1. The fourth-order valence-electron chi connectivity index (χ4n) is 3.18. The van der Waals surface area contributed by atoms with Crippen LogP contribution in [0.1, 0.15) is 30.9 Å². The van der Waals surface area contributed by atoms with Gasteiger partial charge in [0.05, 0.1) is 12.8 Å². The molecule has 0 unspecified atom stereocenters. The Hall–Kier alpha value is -4.18. The molecule has 0 fully saturated rings. The Balaban J connectivity index is 1.52. The number of hydrazone groups is 1. The molecule has 0 atom stereocenters. The summed E-state index contributed by atoms with van der Waals surface area (Å²) < 4.78 is 12.0. The lowest BCUT2D eigenvalue weighted by molar-refractivity contribution is -0.136. The first-order chi connectivity index (χ1) is 18.3. The molecule has 198 valence electrons. The minimum absolute atomic E-state index is 0.229. The quantitative estimate of drug-likeness (QED) is 0.127. The Morgan fingerprint density at radius 1 is 0.921 bits per heavy atom. The molecule has 3 N–H and O–H groups in total. The lowest BCUT2D eigenvalue weighted by Gasteiger charge is -2.10. The van der Waals surface area contributed by atoms with Gasteiger partial charge in [0.25, 0.3) is 5.91 Å². The molecule has 0 aliphatic carbocycles. The van der Waals surface area contributed by atoms with Crippen LogP contribution in [0.25, 0.3) is 0 Å². The average Bonchev–Trinajstić information content (AvgIpc) is 2.89. The van der Waals surface area contributed by atoms with Gasteiger partial charge in [-0.05, 0) is 73.5 Å². The second kappa shape index (κ2) is 14.5. The highest BCUT2D eigenvalue weighted by Gasteiger charge is 2.13. The summed E-state index contributed by atoms with van der Waals surface area (Å²) in [6, 6.07) is 19.3. The van der Waals surface area contributed by atoms with Crippen molar-refractivity contribution in [2.24, 2.45) is 5.10 Å². The molecule has 0 bridgehead atoms. The molecule has 0 aliphatic rings. The molecule has 3 amide bonds. The van der Waals surface area contributed by atoms with E-state index in [1.54, 1.807) is 48.5 Å². The van der Waals surface area contributed by atoms with E-state index in [2.05, 4.69) is 44.0 Å². The van der Waals surface area contributed by atoms with Crippen LogP contribution < -0.4 is 25.5 Å². The zero-order chi connectivity index (χ0) is 27.3. The van der Waals surface area contributed by atoms with Gasteiger partial charge in [0.15, 0.2) is 6.61 Å². The van der Waals surface area contributed by atoms with E-state index in [4.69, 9.17) is 9.47 Å². The third-order valence-electron chi connectivity index (χ3n) is 5.09. The van der Waals surface area contributed by atoms with Crippen molar-refractivity contribution in [3.05, 3.63) is 82.3 Å². The van der Waals surface area contributed by atoms with Gasteiger partial charge in [-0.1, -0.05) is 41.4 Å². The number of benzene rings is 3. The van der Waals surface area contributed by atoms with Crippen LogP contribution in [-0.4, -0.2) is 37.1 Å². The van der Waals surface area contributed by atoms with Gasteiger partial charge in [0, 0.05) is 21.4 Å². The summed E-state index contributed by atoms with van der Waals surface area (Å²) in [6.07, 6.45) is 3.31. The SMILES string of the molecule is CCCCOc1ccc(NC(=O)C(=O)N/N=C\c2cc(Br)ccc2OCC(=O)Nc2cccc(C)c2)cc1. The molecule has 10 heteroatoms. The molecular formula is C28H29BrN4O5. The van der Waals surface area contributed by atoms with Gasteiger partial charge in [-0.3, -0.25) is 14.4 Å². The standard InChI is InChI=1S/C28H29BrN4O5/c1-3-4-14-37-24-11-9-22(10-12-24)32-27(35)28(36)33-30-17-20-16-21(29)8-13-25(20)38-18-26(34)31-23-7-5-6-19(2)15-23/h5-13,15-17H,3-4,14,18H2,1-2H3,(H,31,34)(H,32,35)(H,33,36)/b30-17-. The van der Waals surface area contributed by atoms with E-state index in [0.717, 1.165) is 22.9 Å². The molecule has 3 rings (SSSR count). The minimum Gasteiger partial charge on any atom is -0.494 e. The summed E-state index contributed by atoms with van der Waals surface area (Å²) in [4.78, 5) is 36.7. The molecule has 3 aromatic carbocycles. The smallest absolute Gasteiger partial charge is 0.329 e. The zero-order valence-corrected chi connectivity index (χ0v) is 22.7. The van der Waals surface area contributed by atoms with Crippen LogP contribution in [-0.2, 0) is 14.4 Å². The van der Waals surface area contributed by atoms with Crippen molar-refractivity contribution in [1.82, 2.24) is 5.43 Å². The summed E-state index contributed by atoms with van der Waals surface area (Å²) in [5.74, 6) is -1.09. The number of rotatable bonds is 11. The number of nitrogens with one attached hydrogen (secondary N) is 3. The number of amides is 3. The number of anilines is 2. The summed E-state index contributed by atoms with van der Waals surface area (Å²) in [5, 5.41) is 9.14. The third kappa shape index (κ3) is 9.36. The highest BCUT2D eigenvalue weighted by atomic mass is 79.9. The van der Waals surface area contributed by atoms with Gasteiger partial charge in [0.1, 0.15) is 11.5 Å². The number of halogens is 1. The molecule has 38 heavy (non-hydrogen) atoms. The van der Waals surface area contributed by atoms with Crippen LogP contribution in [0.15, 0.2) is 76.3 Å². The molecule has 0 heterocycles. The first-order valence-corrected chi connectivity index (χ1v) is 12.8. The number of carbonyl (C=O) groups excluding carboxylic acids is 3. The second-order valence-electron chi connectivity index (χ2n) is 8.27. The molecule has 0 radical (unpaired) electrons. The summed E-state index contributed by atoms with van der Waals surface area (Å²) in [7, 11) is 0. The fraction of sp³-hybridized carbons (Fsp3) is 0.214. The van der Waals surface area contributed by atoms with E-state index < -0.39 is 11.8 Å². The number of carbonyl (C=O) groups is 3. The summed E-state index contributed by atoms with van der Waals surface area (Å²) in [6.45, 7) is 4.41. The van der Waals surface area contributed by atoms with Crippen LogP contribution in [0.3, 0.4) is 0 Å². The van der Waals surface area contributed by atoms with Gasteiger partial charge in [-0.25, -0.2) is 5.43 Å². The number of hydrogen-bond acceptors (Lipinski definition) is 6. The maximum atomic E-state index is 12.3. The highest BCUT2D eigenvalue weighted by molar-refractivity contribution is 9.10. The van der Waals surface area contributed by atoms with E-state index in [-0.39, 0.29) is 12.5 Å². The number of ether oxygens (including phenoxy) is 2. The molecule has 0 aromatic heterocycles. The van der Waals surface area contributed by atoms with Crippen molar-refractivity contribution in [3.63, 3.8) is 0 Å². The number of nitrogens with zero attached hydrogens (tertiary/aromatic N) is 1. The van der Waals surface area contributed by atoms with Crippen LogP contribution in [0.5, 0.6) is 11.5 Å². The van der Waals surface area contributed by atoms with Crippen molar-refractivity contribution in [2.45, 2.75) is 26.7 Å². The van der Waals surface area contributed by atoms with Gasteiger partial charge in [0.2, 0.25) is 0 Å². The Labute approximate surface area is 229 Å². The van der Waals surface area contributed by atoms with Crippen LogP contribution >= 0.6 is 15.9 Å². The largest absolute Gasteiger partial charge is 0.494 e. The van der Waals surface area contributed by atoms with E-state index in [1.807, 2.05) is 25.1 Å². The van der Waals surface area contributed by atoms with Crippen LogP contribution in [0.4, 0.5) is 11.4 Å². The first kappa shape index (κ1) is 28.4. The predicted molar refractivity (Wildman–Crippen MR) is 151 cm³/mol. The maximum Gasteiger partial charge on any atom is 0.329 e. The molecule has 3 aromatic rings. The molecular weight excluding hydrogens is 552 g/mol. The lowest BCUT2D eigenvalue weighted by atomic mass is 10.2. The van der Waals surface area contributed by atoms with E-state index in [9.17, 15) is 14.4 Å². The monoisotopic (exact) mass is 580 g/mol. The highest BCUT2D eigenvalue weighted by Crippen LogP contribution is 2.22. The van der Waals surface area contributed by atoms with Crippen molar-refractivity contribution >= 4 is 51.2 Å². The van der Waals surface area contributed by atoms with Gasteiger partial charge in [-0.15, -0.1) is 0 Å². The molecule has 0 saturated carbocycles. The minimum atomic E-state index is -0.945. The Morgan fingerprint density at radius 3 is 2.45 bits per heavy atom. The fourth-order valence-corrected chi connectivity index (χ4v) is 3.56. The number of hydrogen-bond donors (Lipinski definition) is 3. The van der Waals surface area contributed by atoms with Gasteiger partial charge < -0.3 is 20.1 Å². The second-order valence-corrected chi connectivity index (χ2v) is 9.18. The average molecular weight is 581 g/mol. The normalized spacial score (nSPS) is 10.6. The molecule has 0 saturated heterocycles. The van der Waals surface area contributed by atoms with Crippen LogP contribution in [0, 0.1) is 6.92 Å². The van der Waals surface area contributed by atoms with E-state index in [1.165, 1.54) is 6.21 Å². The van der Waals surface area contributed by atoms with Gasteiger partial charge in [-0.2, -0.15) is 5.10 Å². The van der Waals surface area contributed by atoms with E-state index >= 15 is 0 Å². The van der Waals surface area contributed by atoms with Crippen molar-refractivity contribution in [3.8, 4) is 11.5 Å². The van der Waals surface area contributed by atoms with Crippen molar-refractivity contribution < 1.29 is 23.9 Å². The first-order valence-electron chi connectivity index (χ1n) is 12.0. The number of unbranched alkanes of at least 4 members (excludes halogenated alkanes) is 1.